The maximum atomic E-state index is 11.2. The molecule has 2 atom stereocenters. The highest BCUT2D eigenvalue weighted by Gasteiger charge is 2.26. The van der Waals surface area contributed by atoms with Gasteiger partial charge >= 0.3 is 0 Å². The van der Waals surface area contributed by atoms with Gasteiger partial charge in [-0.25, -0.2) is 0 Å². The number of nitrogens with two attached hydrogens (primary N) is 1. The minimum Gasteiger partial charge on any atom is -0.321 e. The maximum Gasteiger partial charge on any atom is 0.152 e. The summed E-state index contributed by atoms with van der Waals surface area (Å²) >= 11 is 0. The number of ketones is 2. The molecule has 1 aliphatic rings. The van der Waals surface area contributed by atoms with Crippen molar-refractivity contribution in [2.45, 2.75) is 32.2 Å². The summed E-state index contributed by atoms with van der Waals surface area (Å²) < 4.78 is 0. The van der Waals surface area contributed by atoms with E-state index < -0.39 is 6.04 Å². The summed E-state index contributed by atoms with van der Waals surface area (Å²) in [6.45, 7) is 1.83. The van der Waals surface area contributed by atoms with Gasteiger partial charge in [0.05, 0.1) is 6.04 Å². The lowest BCUT2D eigenvalue weighted by Gasteiger charge is -2.08. The Morgan fingerprint density at radius 3 is 2.73 bits per heavy atom. The van der Waals surface area contributed by atoms with Crippen molar-refractivity contribution in [1.29, 1.82) is 0 Å². The van der Waals surface area contributed by atoms with Crippen LogP contribution in [-0.2, 0) is 9.59 Å². The van der Waals surface area contributed by atoms with E-state index in [2.05, 4.69) is 0 Å². The number of carbonyl (C=O) groups is 2. The molecular formula is C8H13NO2. The van der Waals surface area contributed by atoms with Crippen LogP contribution in [-0.4, -0.2) is 17.6 Å². The third-order valence-corrected chi connectivity index (χ3v) is 2.15. The molecule has 2 N–H and O–H groups in total. The zero-order valence-corrected chi connectivity index (χ0v) is 6.67. The number of carbonyl (C=O) groups excluding carboxylic acids is 2. The van der Waals surface area contributed by atoms with Crippen LogP contribution >= 0.6 is 0 Å². The van der Waals surface area contributed by atoms with E-state index in [9.17, 15) is 9.59 Å². The molecule has 3 nitrogen and oxygen atoms in total. The van der Waals surface area contributed by atoms with Gasteiger partial charge in [0.2, 0.25) is 0 Å². The van der Waals surface area contributed by atoms with Crippen molar-refractivity contribution in [2.75, 3.05) is 0 Å². The third kappa shape index (κ3) is 1.87. The number of hydrogen-bond acceptors (Lipinski definition) is 3. The van der Waals surface area contributed by atoms with Crippen molar-refractivity contribution >= 4 is 11.6 Å². The fraction of sp³-hybridized carbons (Fsp3) is 0.750. The van der Waals surface area contributed by atoms with Crippen molar-refractivity contribution in [3.8, 4) is 0 Å². The van der Waals surface area contributed by atoms with Crippen LogP contribution in [0.4, 0.5) is 0 Å². The van der Waals surface area contributed by atoms with Gasteiger partial charge in [-0.1, -0.05) is 6.92 Å². The molecule has 0 bridgehead atoms. The van der Waals surface area contributed by atoms with Crippen LogP contribution in [0.25, 0.3) is 0 Å². The quantitative estimate of drug-likeness (QED) is 0.511. The molecule has 1 fully saturated rings. The molecular weight excluding hydrogens is 142 g/mol. The summed E-state index contributed by atoms with van der Waals surface area (Å²) in [5.41, 5.74) is 5.49. The lowest BCUT2D eigenvalue weighted by Crippen LogP contribution is -2.33. The molecule has 0 radical (unpaired) electrons. The third-order valence-electron chi connectivity index (χ3n) is 2.15. The molecule has 0 aromatic heterocycles. The Morgan fingerprint density at radius 2 is 2.09 bits per heavy atom. The van der Waals surface area contributed by atoms with Crippen LogP contribution in [0, 0.1) is 5.92 Å². The number of hydrogen-bond donors (Lipinski definition) is 1. The van der Waals surface area contributed by atoms with Crippen molar-refractivity contribution in [2.24, 2.45) is 11.7 Å². The molecule has 0 aromatic rings. The van der Waals surface area contributed by atoms with Gasteiger partial charge in [-0.3, -0.25) is 9.59 Å². The highest BCUT2D eigenvalue weighted by Crippen LogP contribution is 2.16. The van der Waals surface area contributed by atoms with E-state index in [1.807, 2.05) is 6.92 Å². The first-order chi connectivity index (χ1) is 5.11. The van der Waals surface area contributed by atoms with Gasteiger partial charge in [-0.05, 0) is 6.42 Å². The summed E-state index contributed by atoms with van der Waals surface area (Å²) in [5.74, 6) is 0.127. The first-order valence-corrected chi connectivity index (χ1v) is 3.92. The normalized spacial score (nSPS) is 33.6. The average molecular weight is 155 g/mol. The van der Waals surface area contributed by atoms with Crippen LogP contribution in [0.5, 0.6) is 0 Å². The zero-order valence-electron chi connectivity index (χ0n) is 6.67. The van der Waals surface area contributed by atoms with Gasteiger partial charge < -0.3 is 5.73 Å². The first-order valence-electron chi connectivity index (χ1n) is 3.92. The van der Waals surface area contributed by atoms with Crippen LogP contribution in [0.3, 0.4) is 0 Å². The lowest BCUT2D eigenvalue weighted by molar-refractivity contribution is -0.125. The molecule has 0 heterocycles. The molecule has 2 unspecified atom stereocenters. The smallest absolute Gasteiger partial charge is 0.152 e. The van der Waals surface area contributed by atoms with Gasteiger partial charge in [0.15, 0.2) is 5.78 Å². The second-order valence-corrected chi connectivity index (χ2v) is 3.19. The van der Waals surface area contributed by atoms with E-state index in [1.54, 1.807) is 0 Å². The highest BCUT2D eigenvalue weighted by molar-refractivity contribution is 5.93. The molecule has 0 saturated heterocycles. The molecule has 62 valence electrons. The summed E-state index contributed by atoms with van der Waals surface area (Å²) in [4.78, 5) is 22.2. The minimum absolute atomic E-state index is 0.0311. The Labute approximate surface area is 66.0 Å². The minimum atomic E-state index is -0.542. The van der Waals surface area contributed by atoms with Crippen LogP contribution < -0.4 is 5.73 Å². The molecule has 11 heavy (non-hydrogen) atoms. The Kier molecular flexibility index (Phi) is 2.39. The summed E-state index contributed by atoms with van der Waals surface area (Å²) in [6.07, 6.45) is 1.43. The van der Waals surface area contributed by atoms with Crippen molar-refractivity contribution in [3.05, 3.63) is 0 Å². The monoisotopic (exact) mass is 155 g/mol. The summed E-state index contributed by atoms with van der Waals surface area (Å²) in [6, 6.07) is -0.542. The molecule has 1 aliphatic carbocycles. The van der Waals surface area contributed by atoms with Crippen LogP contribution in [0.15, 0.2) is 0 Å². The lowest BCUT2D eigenvalue weighted by atomic mass is 9.99. The fourth-order valence-electron chi connectivity index (χ4n) is 1.33. The Morgan fingerprint density at radius 1 is 1.45 bits per heavy atom. The van der Waals surface area contributed by atoms with Gasteiger partial charge in [0, 0.05) is 18.8 Å². The Bertz CT molecular complexity index is 189. The molecule has 1 rings (SSSR count). The average Bonchev–Trinajstić information content (AvgIpc) is 2.05. The standard InChI is InChI=1S/C8H13NO2/c1-5-2-3-6(10)4-7(9)8(5)11/h5,7H,2-4,9H2,1H3. The molecule has 0 aliphatic heterocycles. The molecule has 3 heteroatoms. The highest BCUT2D eigenvalue weighted by atomic mass is 16.1. The predicted molar refractivity (Wildman–Crippen MR) is 41.0 cm³/mol. The van der Waals surface area contributed by atoms with E-state index in [0.717, 1.165) is 0 Å². The first kappa shape index (κ1) is 8.40. The maximum absolute atomic E-state index is 11.2. The second kappa shape index (κ2) is 3.13. The Hall–Kier alpha value is -0.700. The number of rotatable bonds is 0. The van der Waals surface area contributed by atoms with E-state index in [1.165, 1.54) is 0 Å². The molecule has 1 saturated carbocycles. The van der Waals surface area contributed by atoms with Gasteiger partial charge in [-0.15, -0.1) is 0 Å². The molecule has 0 amide bonds. The van der Waals surface area contributed by atoms with Crippen LogP contribution in [0.2, 0.25) is 0 Å². The Balaban J connectivity index is 2.68. The van der Waals surface area contributed by atoms with Crippen LogP contribution in [0.1, 0.15) is 26.2 Å². The van der Waals surface area contributed by atoms with Crippen molar-refractivity contribution in [3.63, 3.8) is 0 Å². The van der Waals surface area contributed by atoms with E-state index in [0.29, 0.717) is 12.8 Å². The summed E-state index contributed by atoms with van der Waals surface area (Å²) in [5, 5.41) is 0. The topological polar surface area (TPSA) is 60.2 Å². The van der Waals surface area contributed by atoms with Crippen molar-refractivity contribution in [1.82, 2.24) is 0 Å². The largest absolute Gasteiger partial charge is 0.321 e. The SMILES string of the molecule is CC1CCC(=O)CC(N)C1=O. The van der Waals surface area contributed by atoms with Gasteiger partial charge in [0.25, 0.3) is 0 Å². The van der Waals surface area contributed by atoms with E-state index in [-0.39, 0.29) is 23.9 Å². The molecule has 0 spiro atoms. The zero-order chi connectivity index (χ0) is 8.43. The van der Waals surface area contributed by atoms with Gasteiger partial charge in [-0.2, -0.15) is 0 Å². The van der Waals surface area contributed by atoms with Gasteiger partial charge in [0.1, 0.15) is 5.78 Å². The second-order valence-electron chi connectivity index (χ2n) is 3.19. The van der Waals surface area contributed by atoms with E-state index in [4.69, 9.17) is 5.73 Å². The predicted octanol–water partition coefficient (Wildman–Crippen LogP) is 0.272. The number of Topliss-reactive ketones (excluding diaryl/α,β-unsaturated/α-hetero) is 2. The summed E-state index contributed by atoms with van der Waals surface area (Å²) in [7, 11) is 0. The van der Waals surface area contributed by atoms with Crippen molar-refractivity contribution < 1.29 is 9.59 Å². The molecule has 0 aromatic carbocycles. The fourth-order valence-corrected chi connectivity index (χ4v) is 1.33. The van der Waals surface area contributed by atoms with E-state index >= 15 is 0 Å².